The van der Waals surface area contributed by atoms with E-state index in [1.165, 1.54) is 4.88 Å². The number of rotatable bonds is 3. The molecule has 0 N–H and O–H groups in total. The zero-order valence-electron chi connectivity index (χ0n) is 12.6. The van der Waals surface area contributed by atoms with Gasteiger partial charge in [0, 0.05) is 40.5 Å². The Labute approximate surface area is 120 Å². The summed E-state index contributed by atoms with van der Waals surface area (Å²) >= 11 is 1.71. The number of ketones is 1. The fourth-order valence-corrected chi connectivity index (χ4v) is 3.61. The molecule has 106 valence electrons. The van der Waals surface area contributed by atoms with Crippen LogP contribution < -0.4 is 0 Å². The van der Waals surface area contributed by atoms with E-state index < -0.39 is 0 Å². The maximum Gasteiger partial charge on any atom is 0.177 e. The minimum atomic E-state index is 0.151. The van der Waals surface area contributed by atoms with Gasteiger partial charge < -0.3 is 0 Å². The standard InChI is InChI=1S/C15H24N2OS/c1-11-8-13(12(2)19-11)14(18)9-17-7-6-16(5)15(3,4)10-17/h8H,6-7,9-10H2,1-5H3. The van der Waals surface area contributed by atoms with E-state index in [1.807, 2.05) is 13.0 Å². The molecule has 4 heteroatoms. The second-order valence-corrected chi connectivity index (χ2v) is 7.66. The molecule has 2 rings (SSSR count). The lowest BCUT2D eigenvalue weighted by molar-refractivity contribution is 0.0390. The average molecular weight is 280 g/mol. The summed E-state index contributed by atoms with van der Waals surface area (Å²) in [5.41, 5.74) is 1.07. The highest BCUT2D eigenvalue weighted by Gasteiger charge is 2.31. The summed E-state index contributed by atoms with van der Waals surface area (Å²) in [5.74, 6) is 0.266. The molecule has 0 unspecified atom stereocenters. The molecule has 1 aliphatic rings. The number of thiophene rings is 1. The van der Waals surface area contributed by atoms with E-state index in [2.05, 4.69) is 37.6 Å². The smallest absolute Gasteiger partial charge is 0.177 e. The van der Waals surface area contributed by atoms with Gasteiger partial charge in [-0.15, -0.1) is 11.3 Å². The summed E-state index contributed by atoms with van der Waals surface area (Å²) in [7, 11) is 2.16. The first kappa shape index (κ1) is 14.7. The molecule has 0 spiro atoms. The summed E-state index contributed by atoms with van der Waals surface area (Å²) < 4.78 is 0. The van der Waals surface area contributed by atoms with Crippen LogP contribution in [-0.4, -0.2) is 54.3 Å². The average Bonchev–Trinajstić information content (AvgIpc) is 2.63. The molecule has 1 saturated heterocycles. The Kier molecular flexibility index (Phi) is 4.14. The van der Waals surface area contributed by atoms with E-state index in [0.29, 0.717) is 6.54 Å². The highest BCUT2D eigenvalue weighted by Crippen LogP contribution is 2.23. The van der Waals surface area contributed by atoms with E-state index in [9.17, 15) is 4.79 Å². The van der Waals surface area contributed by atoms with E-state index in [0.717, 1.165) is 30.1 Å². The van der Waals surface area contributed by atoms with Crippen molar-refractivity contribution in [1.82, 2.24) is 9.80 Å². The molecule has 0 bridgehead atoms. The van der Waals surface area contributed by atoms with Crippen molar-refractivity contribution in [2.75, 3.05) is 33.2 Å². The lowest BCUT2D eigenvalue weighted by Gasteiger charge is -2.45. The van der Waals surface area contributed by atoms with Gasteiger partial charge in [-0.2, -0.15) is 0 Å². The lowest BCUT2D eigenvalue weighted by atomic mass is 9.99. The maximum atomic E-state index is 12.4. The quantitative estimate of drug-likeness (QED) is 0.795. The number of likely N-dealkylation sites (N-methyl/N-ethyl adjacent to an activating group) is 1. The van der Waals surface area contributed by atoms with Crippen LogP contribution in [0.5, 0.6) is 0 Å². The van der Waals surface area contributed by atoms with Crippen LogP contribution in [0.25, 0.3) is 0 Å². The number of carbonyl (C=O) groups is 1. The molecule has 0 saturated carbocycles. The third-order valence-corrected chi connectivity index (χ3v) is 5.07. The summed E-state index contributed by atoms with van der Waals surface area (Å²) in [6.07, 6.45) is 0. The van der Waals surface area contributed by atoms with Crippen LogP contribution in [0, 0.1) is 13.8 Å². The number of nitrogens with zero attached hydrogens (tertiary/aromatic N) is 2. The minimum Gasteiger partial charge on any atom is -0.299 e. The van der Waals surface area contributed by atoms with Crippen LogP contribution in [0.3, 0.4) is 0 Å². The Balaban J connectivity index is 2.02. The summed E-state index contributed by atoms with van der Waals surface area (Å²) in [4.78, 5) is 19.4. The number of Topliss-reactive ketones (excluding diaryl/α,β-unsaturated/α-hetero) is 1. The second kappa shape index (κ2) is 5.35. The van der Waals surface area contributed by atoms with E-state index in [1.54, 1.807) is 11.3 Å². The van der Waals surface area contributed by atoms with Crippen molar-refractivity contribution in [2.45, 2.75) is 33.2 Å². The van der Waals surface area contributed by atoms with Crippen molar-refractivity contribution in [3.8, 4) is 0 Å². The number of carbonyl (C=O) groups excluding carboxylic acids is 1. The summed E-state index contributed by atoms with van der Waals surface area (Å²) in [5, 5.41) is 0. The lowest BCUT2D eigenvalue weighted by Crippen LogP contribution is -2.58. The van der Waals surface area contributed by atoms with Gasteiger partial charge in [0.2, 0.25) is 0 Å². The van der Waals surface area contributed by atoms with Crippen LogP contribution in [0.2, 0.25) is 0 Å². The van der Waals surface area contributed by atoms with Gasteiger partial charge >= 0.3 is 0 Å². The van der Waals surface area contributed by atoms with Crippen molar-refractivity contribution in [3.63, 3.8) is 0 Å². The Hall–Kier alpha value is -0.710. The minimum absolute atomic E-state index is 0.151. The van der Waals surface area contributed by atoms with Crippen molar-refractivity contribution >= 4 is 17.1 Å². The van der Waals surface area contributed by atoms with Crippen molar-refractivity contribution in [1.29, 1.82) is 0 Å². The predicted octanol–water partition coefficient (Wildman–Crippen LogP) is 2.57. The highest BCUT2D eigenvalue weighted by atomic mass is 32.1. The molecule has 1 fully saturated rings. The fourth-order valence-electron chi connectivity index (χ4n) is 2.67. The molecule has 0 aliphatic carbocycles. The van der Waals surface area contributed by atoms with Gasteiger partial charge in [-0.05, 0) is 40.8 Å². The van der Waals surface area contributed by atoms with Crippen molar-refractivity contribution < 1.29 is 4.79 Å². The Morgan fingerprint density at radius 2 is 2.05 bits per heavy atom. The highest BCUT2D eigenvalue weighted by molar-refractivity contribution is 7.12. The largest absolute Gasteiger partial charge is 0.299 e. The number of aryl methyl sites for hydroxylation is 2. The molecule has 1 aromatic rings. The van der Waals surface area contributed by atoms with Crippen molar-refractivity contribution in [3.05, 3.63) is 21.4 Å². The zero-order valence-corrected chi connectivity index (χ0v) is 13.4. The van der Waals surface area contributed by atoms with E-state index in [4.69, 9.17) is 0 Å². The molecule has 0 atom stereocenters. The van der Waals surface area contributed by atoms with Gasteiger partial charge in [-0.3, -0.25) is 14.6 Å². The number of hydrogen-bond acceptors (Lipinski definition) is 4. The maximum absolute atomic E-state index is 12.4. The van der Waals surface area contributed by atoms with Crippen LogP contribution in [0.1, 0.15) is 34.0 Å². The second-order valence-electron chi connectivity index (χ2n) is 6.19. The van der Waals surface area contributed by atoms with Gasteiger partial charge in [0.1, 0.15) is 0 Å². The van der Waals surface area contributed by atoms with Gasteiger partial charge in [0.25, 0.3) is 0 Å². The third kappa shape index (κ3) is 3.25. The molecular weight excluding hydrogens is 256 g/mol. The first-order valence-corrected chi connectivity index (χ1v) is 7.65. The van der Waals surface area contributed by atoms with Gasteiger partial charge in [-0.25, -0.2) is 0 Å². The molecule has 19 heavy (non-hydrogen) atoms. The summed E-state index contributed by atoms with van der Waals surface area (Å²) in [6, 6.07) is 2.03. The molecule has 3 nitrogen and oxygen atoms in total. The molecule has 1 aromatic heterocycles. The zero-order chi connectivity index (χ0) is 14.2. The van der Waals surface area contributed by atoms with Crippen LogP contribution >= 0.6 is 11.3 Å². The van der Waals surface area contributed by atoms with Gasteiger partial charge in [0.15, 0.2) is 5.78 Å². The SMILES string of the molecule is Cc1cc(C(=O)CN2CCN(C)C(C)(C)C2)c(C)s1. The van der Waals surface area contributed by atoms with Gasteiger partial charge in [0.05, 0.1) is 6.54 Å². The molecule has 1 aliphatic heterocycles. The molecule has 0 aromatic carbocycles. The van der Waals surface area contributed by atoms with Crippen LogP contribution in [0.15, 0.2) is 6.07 Å². The topological polar surface area (TPSA) is 23.6 Å². The summed E-state index contributed by atoms with van der Waals surface area (Å²) in [6.45, 7) is 12.1. The third-order valence-electron chi connectivity index (χ3n) is 4.10. The number of hydrogen-bond donors (Lipinski definition) is 0. The van der Waals surface area contributed by atoms with Crippen LogP contribution in [0.4, 0.5) is 0 Å². The monoisotopic (exact) mass is 280 g/mol. The van der Waals surface area contributed by atoms with E-state index in [-0.39, 0.29) is 11.3 Å². The Bertz CT molecular complexity index is 478. The Morgan fingerprint density at radius 1 is 1.37 bits per heavy atom. The predicted molar refractivity (Wildman–Crippen MR) is 81.3 cm³/mol. The van der Waals surface area contributed by atoms with Gasteiger partial charge in [-0.1, -0.05) is 0 Å². The molecule has 0 radical (unpaired) electrons. The van der Waals surface area contributed by atoms with Crippen molar-refractivity contribution in [2.24, 2.45) is 0 Å². The number of piperazine rings is 1. The van der Waals surface area contributed by atoms with Crippen LogP contribution in [-0.2, 0) is 0 Å². The first-order valence-electron chi connectivity index (χ1n) is 6.83. The molecular formula is C15H24N2OS. The first-order chi connectivity index (χ1) is 8.79. The fraction of sp³-hybridized carbons (Fsp3) is 0.667. The molecule has 2 heterocycles. The molecule has 0 amide bonds. The normalized spacial score (nSPS) is 20.7. The van der Waals surface area contributed by atoms with E-state index >= 15 is 0 Å². The Morgan fingerprint density at radius 3 is 2.58 bits per heavy atom.